The lowest BCUT2D eigenvalue weighted by atomic mass is 9.95. The first kappa shape index (κ1) is 11.4. The number of hydrogen-bond acceptors (Lipinski definition) is 2. The van der Waals surface area contributed by atoms with Crippen LogP contribution in [0.3, 0.4) is 0 Å². The van der Waals surface area contributed by atoms with Gasteiger partial charge in [0.05, 0.1) is 5.02 Å². The number of halogens is 1. The molecule has 15 heavy (non-hydrogen) atoms. The summed E-state index contributed by atoms with van der Waals surface area (Å²) in [4.78, 5) is 1.32. The lowest BCUT2D eigenvalue weighted by Crippen LogP contribution is -2.27. The highest BCUT2D eigenvalue weighted by Gasteiger charge is 2.34. The first-order valence-corrected chi connectivity index (χ1v) is 6.96. The summed E-state index contributed by atoms with van der Waals surface area (Å²) in [6.07, 6.45) is 2.79. The number of hydrogen-bond donors (Lipinski definition) is 1. The van der Waals surface area contributed by atoms with E-state index in [9.17, 15) is 0 Å². The fourth-order valence-electron chi connectivity index (χ4n) is 2.16. The molecule has 2 atom stereocenters. The molecule has 1 aromatic rings. The molecule has 0 aromatic carbocycles. The largest absolute Gasteiger partial charge is 0.309 e. The molecule has 0 spiro atoms. The van der Waals surface area contributed by atoms with Crippen LogP contribution in [0.15, 0.2) is 11.4 Å². The summed E-state index contributed by atoms with van der Waals surface area (Å²) in [5.74, 6) is 1.62. The molecule has 0 bridgehead atoms. The maximum atomic E-state index is 6.21. The SMILES string of the molecule is CCNC(c1sccc1Cl)C(C)C1CC1. The summed E-state index contributed by atoms with van der Waals surface area (Å²) >= 11 is 7.99. The zero-order chi connectivity index (χ0) is 10.8. The third kappa shape index (κ3) is 2.55. The van der Waals surface area contributed by atoms with Gasteiger partial charge in [-0.25, -0.2) is 0 Å². The van der Waals surface area contributed by atoms with Crippen molar-refractivity contribution in [3.8, 4) is 0 Å². The molecular weight excluding hydrogens is 226 g/mol. The predicted octanol–water partition coefficient (Wildman–Crippen LogP) is 4.10. The molecule has 0 amide bonds. The molecule has 3 heteroatoms. The van der Waals surface area contributed by atoms with Crippen LogP contribution in [-0.4, -0.2) is 6.54 Å². The second kappa shape index (κ2) is 4.86. The Morgan fingerprint density at radius 3 is 2.80 bits per heavy atom. The van der Waals surface area contributed by atoms with Crippen molar-refractivity contribution in [2.45, 2.75) is 32.7 Å². The molecule has 1 aliphatic rings. The van der Waals surface area contributed by atoms with Gasteiger partial charge in [-0.3, -0.25) is 0 Å². The van der Waals surface area contributed by atoms with Crippen LogP contribution in [-0.2, 0) is 0 Å². The van der Waals surface area contributed by atoms with Crippen molar-refractivity contribution in [2.24, 2.45) is 11.8 Å². The number of thiophene rings is 1. The fourth-order valence-corrected chi connectivity index (χ4v) is 3.52. The lowest BCUT2D eigenvalue weighted by molar-refractivity contribution is 0.360. The second-order valence-corrected chi connectivity index (χ2v) is 5.72. The monoisotopic (exact) mass is 243 g/mol. The molecule has 0 aliphatic heterocycles. The van der Waals surface area contributed by atoms with Crippen molar-refractivity contribution in [3.05, 3.63) is 21.3 Å². The van der Waals surface area contributed by atoms with E-state index in [-0.39, 0.29) is 0 Å². The van der Waals surface area contributed by atoms with E-state index in [0.29, 0.717) is 12.0 Å². The van der Waals surface area contributed by atoms with E-state index in [1.54, 1.807) is 11.3 Å². The van der Waals surface area contributed by atoms with E-state index in [4.69, 9.17) is 11.6 Å². The average Bonchev–Trinajstić information content (AvgIpc) is 2.98. The van der Waals surface area contributed by atoms with Gasteiger partial charge in [0.25, 0.3) is 0 Å². The standard InChI is InChI=1S/C12H18ClNS/c1-3-14-11(8(2)9-4-5-9)12-10(13)6-7-15-12/h6-9,11,14H,3-5H2,1-2H3. The summed E-state index contributed by atoms with van der Waals surface area (Å²) in [5.41, 5.74) is 0. The number of rotatable bonds is 5. The Hall–Kier alpha value is -0.0500. The molecular formula is C12H18ClNS. The summed E-state index contributed by atoms with van der Waals surface area (Å²) < 4.78 is 0. The first-order chi connectivity index (χ1) is 7.24. The lowest BCUT2D eigenvalue weighted by Gasteiger charge is -2.24. The zero-order valence-corrected chi connectivity index (χ0v) is 10.9. The average molecular weight is 244 g/mol. The van der Waals surface area contributed by atoms with Crippen LogP contribution >= 0.6 is 22.9 Å². The van der Waals surface area contributed by atoms with Gasteiger partial charge in [-0.2, -0.15) is 0 Å². The van der Waals surface area contributed by atoms with Gasteiger partial charge in [-0.15, -0.1) is 11.3 Å². The highest BCUT2D eigenvalue weighted by atomic mass is 35.5. The van der Waals surface area contributed by atoms with Gasteiger partial charge in [0, 0.05) is 10.9 Å². The third-order valence-corrected chi connectivity index (χ3v) is 4.68. The van der Waals surface area contributed by atoms with Gasteiger partial charge < -0.3 is 5.32 Å². The van der Waals surface area contributed by atoms with Crippen molar-refractivity contribution in [2.75, 3.05) is 6.54 Å². The quantitative estimate of drug-likeness (QED) is 0.821. The van der Waals surface area contributed by atoms with E-state index < -0.39 is 0 Å². The fraction of sp³-hybridized carbons (Fsp3) is 0.667. The van der Waals surface area contributed by atoms with Crippen LogP contribution in [0.5, 0.6) is 0 Å². The Morgan fingerprint density at radius 1 is 1.60 bits per heavy atom. The van der Waals surface area contributed by atoms with E-state index in [1.807, 2.05) is 6.07 Å². The summed E-state index contributed by atoms with van der Waals surface area (Å²) in [6, 6.07) is 2.46. The van der Waals surface area contributed by atoms with Gasteiger partial charge in [-0.05, 0) is 42.7 Å². The van der Waals surface area contributed by atoms with E-state index >= 15 is 0 Å². The minimum absolute atomic E-state index is 0.454. The zero-order valence-electron chi connectivity index (χ0n) is 9.29. The number of nitrogens with one attached hydrogen (secondary N) is 1. The van der Waals surface area contributed by atoms with Gasteiger partial charge in [-0.1, -0.05) is 25.4 Å². The van der Waals surface area contributed by atoms with Crippen LogP contribution in [0.4, 0.5) is 0 Å². The molecule has 1 N–H and O–H groups in total. The normalized spacial score (nSPS) is 20.2. The maximum absolute atomic E-state index is 6.21. The van der Waals surface area contributed by atoms with E-state index in [2.05, 4.69) is 24.5 Å². The summed E-state index contributed by atoms with van der Waals surface area (Å²) in [6.45, 7) is 5.52. The molecule has 0 saturated heterocycles. The predicted molar refractivity (Wildman–Crippen MR) is 67.6 cm³/mol. The minimum atomic E-state index is 0.454. The molecule has 1 saturated carbocycles. The van der Waals surface area contributed by atoms with Crippen LogP contribution in [0, 0.1) is 11.8 Å². The molecule has 1 aliphatic carbocycles. The molecule has 1 heterocycles. The topological polar surface area (TPSA) is 12.0 Å². The van der Waals surface area contributed by atoms with Crippen molar-refractivity contribution in [1.82, 2.24) is 5.32 Å². The van der Waals surface area contributed by atoms with Gasteiger partial charge in [0.15, 0.2) is 0 Å². The first-order valence-electron chi connectivity index (χ1n) is 5.70. The van der Waals surface area contributed by atoms with E-state index in [0.717, 1.165) is 17.5 Å². The van der Waals surface area contributed by atoms with Crippen LogP contribution in [0.2, 0.25) is 5.02 Å². The summed E-state index contributed by atoms with van der Waals surface area (Å²) in [7, 11) is 0. The molecule has 1 aromatic heterocycles. The molecule has 1 fully saturated rings. The Labute approximate surface area is 101 Å². The van der Waals surface area contributed by atoms with Crippen molar-refractivity contribution >= 4 is 22.9 Å². The van der Waals surface area contributed by atoms with Crippen LogP contribution < -0.4 is 5.32 Å². The highest BCUT2D eigenvalue weighted by molar-refractivity contribution is 7.10. The van der Waals surface area contributed by atoms with Crippen molar-refractivity contribution < 1.29 is 0 Å². The highest BCUT2D eigenvalue weighted by Crippen LogP contribution is 2.44. The van der Waals surface area contributed by atoms with Crippen LogP contribution in [0.25, 0.3) is 0 Å². The molecule has 84 valence electrons. The second-order valence-electron chi connectivity index (χ2n) is 4.36. The van der Waals surface area contributed by atoms with Crippen molar-refractivity contribution in [1.29, 1.82) is 0 Å². The Bertz CT molecular complexity index is 319. The third-order valence-electron chi connectivity index (χ3n) is 3.24. The maximum Gasteiger partial charge on any atom is 0.0561 e. The Balaban J connectivity index is 2.14. The van der Waals surface area contributed by atoms with Gasteiger partial charge >= 0.3 is 0 Å². The smallest absolute Gasteiger partial charge is 0.0561 e. The van der Waals surface area contributed by atoms with Gasteiger partial charge in [0.1, 0.15) is 0 Å². The summed E-state index contributed by atoms with van der Waals surface area (Å²) in [5, 5.41) is 6.59. The minimum Gasteiger partial charge on any atom is -0.309 e. The van der Waals surface area contributed by atoms with Gasteiger partial charge in [0.2, 0.25) is 0 Å². The Kier molecular flexibility index (Phi) is 3.70. The Morgan fingerprint density at radius 2 is 2.33 bits per heavy atom. The van der Waals surface area contributed by atoms with Crippen molar-refractivity contribution in [3.63, 3.8) is 0 Å². The van der Waals surface area contributed by atoms with E-state index in [1.165, 1.54) is 17.7 Å². The molecule has 2 rings (SSSR count). The van der Waals surface area contributed by atoms with Crippen LogP contribution in [0.1, 0.15) is 37.6 Å². The molecule has 2 unspecified atom stereocenters. The molecule has 1 nitrogen and oxygen atoms in total. The molecule has 0 radical (unpaired) electrons.